The maximum Gasteiger partial charge on any atom is 0.331 e. The largest absolute Gasteiger partial charge is 0.476 e. The van der Waals surface area contributed by atoms with Crippen LogP contribution in [-0.4, -0.2) is 16.9 Å². The van der Waals surface area contributed by atoms with Crippen molar-refractivity contribution < 1.29 is 13.8 Å². The number of hydrogen-bond donors (Lipinski definition) is 0. The van der Waals surface area contributed by atoms with E-state index in [9.17, 15) is 10.1 Å². The molecule has 5 nitrogen and oxygen atoms in total. The summed E-state index contributed by atoms with van der Waals surface area (Å²) in [6.07, 6.45) is 1.31. The second-order valence-electron chi connectivity index (χ2n) is 2.16. The van der Waals surface area contributed by atoms with Crippen LogP contribution in [0.3, 0.4) is 0 Å². The number of nitro groups is 1. The fraction of sp³-hybridized carbons (Fsp3) is 0.286. The van der Waals surface area contributed by atoms with Crippen molar-refractivity contribution in [3.05, 3.63) is 27.9 Å². The molecule has 0 amide bonds. The molecule has 0 fully saturated rings. The lowest BCUT2D eigenvalue weighted by molar-refractivity contribution is -0.386. The highest BCUT2D eigenvalue weighted by Crippen LogP contribution is 2.25. The number of methoxy groups -OCH3 is 1. The second-order valence-corrected chi connectivity index (χ2v) is 2.72. The fourth-order valence-corrected chi connectivity index (χ4v) is 1.07. The molecule has 0 bridgehead atoms. The average molecular weight is 250 g/mol. The number of hydrogen-bond acceptors (Lipinski definition) is 4. The van der Waals surface area contributed by atoms with Crippen LogP contribution in [0.5, 0.6) is 5.88 Å². The van der Waals surface area contributed by atoms with Crippen LogP contribution in [0.2, 0.25) is 0 Å². The Morgan fingerprint density at radius 3 is 3.23 bits per heavy atom. The Balaban J connectivity index is 3.13. The third-order valence-electron chi connectivity index (χ3n) is 1.34. The molecule has 6 heteroatoms. The van der Waals surface area contributed by atoms with E-state index in [0.717, 1.165) is 0 Å². The van der Waals surface area contributed by atoms with Gasteiger partial charge in [-0.05, 0) is 5.56 Å². The summed E-state index contributed by atoms with van der Waals surface area (Å²) in [5, 5.41) is 11.0. The minimum atomic E-state index is -2.76. The molecule has 13 heavy (non-hydrogen) atoms. The lowest BCUT2D eigenvalue weighted by Gasteiger charge is -2.00. The third-order valence-corrected chi connectivity index (χ3v) is 1.98. The van der Waals surface area contributed by atoms with Gasteiger partial charge in [-0.15, -0.1) is 0 Å². The molecule has 1 aromatic heterocycles. The highest BCUT2D eigenvalue weighted by molar-refractivity contribution is 9.08. The molecule has 0 saturated heterocycles. The summed E-state index contributed by atoms with van der Waals surface area (Å²) < 4.78 is 25.0. The molecule has 0 aliphatic heterocycles. The number of pyridine rings is 1. The monoisotopic (exact) mass is 249 g/mol. The predicted molar refractivity (Wildman–Crippen MR) is 50.1 cm³/mol. The van der Waals surface area contributed by atoms with E-state index < -0.39 is 23.5 Å². The first-order chi connectivity index (χ1) is 7.33. The molecule has 1 heterocycles. The summed E-state index contributed by atoms with van der Waals surface area (Å²) in [4.78, 5) is 13.5. The number of ether oxygens (including phenoxy) is 1. The zero-order valence-electron chi connectivity index (χ0n) is 9.36. The van der Waals surface area contributed by atoms with Gasteiger partial charge in [0.1, 0.15) is 0 Å². The summed E-state index contributed by atoms with van der Waals surface area (Å²) in [6.45, 7) is 0. The van der Waals surface area contributed by atoms with Crippen molar-refractivity contribution >= 4 is 21.6 Å². The molecule has 0 aromatic carbocycles. The fourth-order valence-electron chi connectivity index (χ4n) is 0.765. The summed E-state index contributed by atoms with van der Waals surface area (Å²) in [7, 11) is -2.76. The highest BCUT2D eigenvalue weighted by Gasteiger charge is 2.16. The van der Waals surface area contributed by atoms with Crippen LogP contribution in [-0.2, 0) is 5.33 Å². The van der Waals surface area contributed by atoms with Gasteiger partial charge in [-0.1, -0.05) is 15.9 Å². The number of rotatable bonds is 3. The van der Waals surface area contributed by atoms with Gasteiger partial charge >= 0.3 is 5.69 Å². The lowest BCUT2D eigenvalue weighted by atomic mass is 10.3. The Labute approximate surface area is 87.2 Å². The van der Waals surface area contributed by atoms with Gasteiger partial charge in [-0.2, -0.15) is 0 Å². The van der Waals surface area contributed by atoms with Crippen molar-refractivity contribution in [3.8, 4) is 5.88 Å². The van der Waals surface area contributed by atoms with Crippen LogP contribution in [0, 0.1) is 10.1 Å². The van der Waals surface area contributed by atoms with E-state index in [4.69, 9.17) is 4.11 Å². The van der Waals surface area contributed by atoms with E-state index in [0.29, 0.717) is 10.9 Å². The maximum atomic E-state index is 10.7. The van der Waals surface area contributed by atoms with Gasteiger partial charge < -0.3 is 4.74 Å². The average Bonchev–Trinajstić information content (AvgIpc) is 2.15. The van der Waals surface area contributed by atoms with E-state index in [1.807, 2.05) is 0 Å². The first-order valence-electron chi connectivity index (χ1n) is 4.72. The summed E-state index contributed by atoms with van der Waals surface area (Å²) >= 11 is 3.11. The van der Waals surface area contributed by atoms with E-state index in [2.05, 4.69) is 25.7 Å². The first-order valence-corrected chi connectivity index (χ1v) is 4.34. The molecular formula is C7H7BrN2O3. The smallest absolute Gasteiger partial charge is 0.331 e. The SMILES string of the molecule is [2H]C([2H])([2H])Oc1ncc(CBr)cc1[N+](=O)[O-]. The van der Waals surface area contributed by atoms with Gasteiger partial charge in [0.05, 0.1) is 16.1 Å². The third kappa shape index (κ3) is 2.15. The normalized spacial score (nSPS) is 14.1. The Morgan fingerprint density at radius 1 is 1.92 bits per heavy atom. The minimum absolute atomic E-state index is 0.384. The van der Waals surface area contributed by atoms with Crippen molar-refractivity contribution in [1.82, 2.24) is 4.98 Å². The highest BCUT2D eigenvalue weighted by atomic mass is 79.9. The van der Waals surface area contributed by atoms with Crippen LogP contribution >= 0.6 is 15.9 Å². The lowest BCUT2D eigenvalue weighted by Crippen LogP contribution is -1.97. The van der Waals surface area contributed by atoms with Gasteiger partial charge in [-0.25, -0.2) is 4.98 Å². The molecule has 70 valence electrons. The number of halogens is 1. The van der Waals surface area contributed by atoms with E-state index in [-0.39, 0.29) is 0 Å². The molecule has 0 saturated carbocycles. The van der Waals surface area contributed by atoms with Crippen LogP contribution in [0.15, 0.2) is 12.3 Å². The maximum absolute atomic E-state index is 10.7. The zero-order chi connectivity index (χ0) is 12.3. The molecule has 0 radical (unpaired) electrons. The summed E-state index contributed by atoms with van der Waals surface area (Å²) in [5.41, 5.74) is 0.0951. The second kappa shape index (κ2) is 4.18. The van der Waals surface area contributed by atoms with Gasteiger partial charge in [0.15, 0.2) is 0 Å². The predicted octanol–water partition coefficient (Wildman–Crippen LogP) is 1.89. The Bertz CT molecular complexity index is 410. The molecule has 0 unspecified atom stereocenters. The van der Waals surface area contributed by atoms with E-state index >= 15 is 0 Å². The van der Waals surface area contributed by atoms with Crippen LogP contribution < -0.4 is 4.74 Å². The molecular weight excluding hydrogens is 240 g/mol. The first kappa shape index (κ1) is 6.31. The van der Waals surface area contributed by atoms with Crippen LogP contribution in [0.25, 0.3) is 0 Å². The van der Waals surface area contributed by atoms with E-state index in [1.54, 1.807) is 0 Å². The van der Waals surface area contributed by atoms with Crippen molar-refractivity contribution in [2.75, 3.05) is 7.04 Å². The molecule has 1 rings (SSSR count). The Kier molecular flexibility index (Phi) is 2.03. The number of nitrogens with zero attached hydrogens (tertiary/aromatic N) is 2. The quantitative estimate of drug-likeness (QED) is 0.466. The van der Waals surface area contributed by atoms with Gasteiger partial charge in [-0.3, -0.25) is 10.1 Å². The Morgan fingerprint density at radius 2 is 2.69 bits per heavy atom. The molecule has 1 aromatic rings. The Hall–Kier alpha value is -1.17. The van der Waals surface area contributed by atoms with Crippen LogP contribution in [0.4, 0.5) is 5.69 Å². The molecule has 0 spiro atoms. The zero-order valence-corrected chi connectivity index (χ0v) is 7.94. The van der Waals surface area contributed by atoms with Crippen molar-refractivity contribution in [2.45, 2.75) is 5.33 Å². The summed E-state index contributed by atoms with van der Waals surface area (Å²) in [6, 6.07) is 1.21. The minimum Gasteiger partial charge on any atom is -0.476 e. The van der Waals surface area contributed by atoms with Gasteiger partial charge in [0.25, 0.3) is 5.88 Å². The standard InChI is InChI=1S/C7H7BrN2O3/c1-13-7-6(10(11)12)2-5(3-8)4-9-7/h2,4H,3H2,1H3/i1D3. The van der Waals surface area contributed by atoms with Crippen molar-refractivity contribution in [3.63, 3.8) is 0 Å². The molecule has 0 aliphatic carbocycles. The molecule has 0 atom stereocenters. The van der Waals surface area contributed by atoms with Crippen LogP contribution in [0.1, 0.15) is 9.68 Å². The van der Waals surface area contributed by atoms with Gasteiger partial charge in [0.2, 0.25) is 0 Å². The molecule has 0 aliphatic rings. The van der Waals surface area contributed by atoms with Crippen molar-refractivity contribution in [1.29, 1.82) is 0 Å². The topological polar surface area (TPSA) is 65.3 Å². The summed E-state index contributed by atoms with van der Waals surface area (Å²) in [5.74, 6) is -0.505. The van der Waals surface area contributed by atoms with Crippen molar-refractivity contribution in [2.24, 2.45) is 0 Å². The van der Waals surface area contributed by atoms with E-state index in [1.165, 1.54) is 12.3 Å². The molecule has 0 N–H and O–H groups in total. The number of alkyl halides is 1. The number of aromatic nitrogens is 1. The van der Waals surface area contributed by atoms with Gasteiger partial charge in [0, 0.05) is 17.6 Å².